The number of hydrogen-bond donors (Lipinski definition) is 1. The topological polar surface area (TPSA) is 54.7 Å². The summed E-state index contributed by atoms with van der Waals surface area (Å²) in [5.74, 6) is 0.605. The molecule has 2 aliphatic rings. The third kappa shape index (κ3) is 3.31. The number of benzene rings is 1. The van der Waals surface area contributed by atoms with Crippen molar-refractivity contribution in [3.63, 3.8) is 0 Å². The van der Waals surface area contributed by atoms with Crippen molar-refractivity contribution in [2.24, 2.45) is 10.4 Å². The first-order valence-corrected chi connectivity index (χ1v) is 8.99. The molecule has 7 heteroatoms. The molecule has 26 heavy (non-hydrogen) atoms. The van der Waals surface area contributed by atoms with E-state index >= 15 is 0 Å². The normalized spacial score (nSPS) is 23.2. The summed E-state index contributed by atoms with van der Waals surface area (Å²) in [5.41, 5.74) is 1.67. The van der Waals surface area contributed by atoms with Crippen LogP contribution < -0.4 is 5.32 Å². The predicted octanol–water partition coefficient (Wildman–Crippen LogP) is 2.20. The van der Waals surface area contributed by atoms with Gasteiger partial charge in [-0.25, -0.2) is 9.37 Å². The molecule has 1 aromatic carbocycles. The maximum Gasteiger partial charge on any atom is 0.193 e. The van der Waals surface area contributed by atoms with Gasteiger partial charge in [-0.1, -0.05) is 6.07 Å². The Morgan fingerprint density at radius 3 is 3.04 bits per heavy atom. The minimum absolute atomic E-state index is 0.263. The molecule has 6 nitrogen and oxygen atoms in total. The van der Waals surface area contributed by atoms with Gasteiger partial charge in [0.15, 0.2) is 5.96 Å². The number of likely N-dealkylation sites (tertiary alicyclic amines) is 1. The van der Waals surface area contributed by atoms with E-state index < -0.39 is 0 Å². The Hall–Kier alpha value is -2.41. The molecule has 0 bridgehead atoms. The number of nitrogens with one attached hydrogen (secondary N) is 1. The SMILES string of the molecule is CN=C(NCc1ccc(-n2ccnc2)c(F)c1)N1CCC2(CCOC2)C1. The summed E-state index contributed by atoms with van der Waals surface area (Å²) in [5, 5.41) is 3.36. The molecule has 1 atom stereocenters. The van der Waals surface area contributed by atoms with Gasteiger partial charge in [-0.3, -0.25) is 4.99 Å². The van der Waals surface area contributed by atoms with Crippen LogP contribution in [-0.4, -0.2) is 53.8 Å². The summed E-state index contributed by atoms with van der Waals surface area (Å²) in [6.45, 7) is 4.20. The molecule has 1 N–H and O–H groups in total. The number of aliphatic imine (C=N–C) groups is 1. The van der Waals surface area contributed by atoms with E-state index in [-0.39, 0.29) is 11.2 Å². The standard InChI is InChI=1S/C19H24FN5O/c1-21-18(24-7-4-19(12-24)5-9-26-13-19)23-11-15-2-3-17(16(20)10-15)25-8-6-22-14-25/h2-3,6,8,10,14H,4-5,7,9,11-13H2,1H3,(H,21,23). The second-order valence-corrected chi connectivity index (χ2v) is 7.13. The molecule has 2 aromatic rings. The van der Waals surface area contributed by atoms with E-state index in [1.807, 2.05) is 6.07 Å². The quantitative estimate of drug-likeness (QED) is 0.676. The van der Waals surface area contributed by atoms with E-state index in [9.17, 15) is 4.39 Å². The molecule has 0 saturated carbocycles. The Bertz CT molecular complexity index is 783. The molecular weight excluding hydrogens is 333 g/mol. The van der Waals surface area contributed by atoms with Gasteiger partial charge in [0.1, 0.15) is 5.82 Å². The molecule has 2 fully saturated rings. The molecule has 2 saturated heterocycles. The number of ether oxygens (including phenoxy) is 1. The predicted molar refractivity (Wildman–Crippen MR) is 97.8 cm³/mol. The first kappa shape index (κ1) is 17.0. The fourth-order valence-corrected chi connectivity index (χ4v) is 3.87. The Morgan fingerprint density at radius 2 is 2.35 bits per heavy atom. The molecule has 138 valence electrons. The van der Waals surface area contributed by atoms with E-state index in [4.69, 9.17) is 4.74 Å². The number of imidazole rings is 1. The molecule has 1 spiro atoms. The molecule has 3 heterocycles. The van der Waals surface area contributed by atoms with Gasteiger partial charge < -0.3 is 19.5 Å². The molecular formula is C19H24FN5O. The molecule has 0 aliphatic carbocycles. The zero-order valence-electron chi connectivity index (χ0n) is 15.0. The van der Waals surface area contributed by atoms with Crippen molar-refractivity contribution in [1.82, 2.24) is 19.8 Å². The minimum atomic E-state index is -0.263. The molecule has 1 unspecified atom stereocenters. The van der Waals surface area contributed by atoms with Gasteiger partial charge in [-0.2, -0.15) is 0 Å². The van der Waals surface area contributed by atoms with Crippen molar-refractivity contribution in [3.8, 4) is 5.69 Å². The van der Waals surface area contributed by atoms with E-state index in [0.29, 0.717) is 12.2 Å². The van der Waals surface area contributed by atoms with Crippen LogP contribution in [0.3, 0.4) is 0 Å². The van der Waals surface area contributed by atoms with Gasteiger partial charge in [-0.05, 0) is 30.5 Å². The van der Waals surface area contributed by atoms with Crippen LogP contribution in [0.25, 0.3) is 5.69 Å². The Morgan fingerprint density at radius 1 is 1.42 bits per heavy atom. The second kappa shape index (κ2) is 7.07. The van der Waals surface area contributed by atoms with Crippen molar-refractivity contribution in [2.75, 3.05) is 33.4 Å². The number of hydrogen-bond acceptors (Lipinski definition) is 3. The maximum atomic E-state index is 14.4. The van der Waals surface area contributed by atoms with Crippen molar-refractivity contribution < 1.29 is 9.13 Å². The summed E-state index contributed by atoms with van der Waals surface area (Å²) in [4.78, 5) is 10.6. The first-order valence-electron chi connectivity index (χ1n) is 8.99. The van der Waals surface area contributed by atoms with Gasteiger partial charge in [0, 0.05) is 51.1 Å². The molecule has 0 radical (unpaired) electrons. The highest BCUT2D eigenvalue weighted by Gasteiger charge is 2.42. The number of halogens is 1. The van der Waals surface area contributed by atoms with Crippen LogP contribution in [-0.2, 0) is 11.3 Å². The molecule has 1 aromatic heterocycles. The summed E-state index contributed by atoms with van der Waals surface area (Å²) in [7, 11) is 1.79. The zero-order valence-corrected chi connectivity index (χ0v) is 15.0. The number of aromatic nitrogens is 2. The lowest BCUT2D eigenvalue weighted by Crippen LogP contribution is -2.41. The summed E-state index contributed by atoms with van der Waals surface area (Å²) in [6.07, 6.45) is 7.22. The van der Waals surface area contributed by atoms with E-state index in [2.05, 4.69) is 20.2 Å². The highest BCUT2D eigenvalue weighted by Crippen LogP contribution is 2.38. The lowest BCUT2D eigenvalue weighted by molar-refractivity contribution is 0.156. The van der Waals surface area contributed by atoms with Crippen LogP contribution in [0, 0.1) is 11.2 Å². The van der Waals surface area contributed by atoms with E-state index in [1.54, 1.807) is 42.5 Å². The lowest BCUT2D eigenvalue weighted by Gasteiger charge is -2.25. The lowest BCUT2D eigenvalue weighted by atomic mass is 9.87. The molecule has 0 amide bonds. The second-order valence-electron chi connectivity index (χ2n) is 7.13. The third-order valence-corrected chi connectivity index (χ3v) is 5.38. The average Bonchev–Trinajstić information content (AvgIpc) is 3.40. The number of rotatable bonds is 3. The smallest absolute Gasteiger partial charge is 0.193 e. The van der Waals surface area contributed by atoms with Crippen molar-refractivity contribution in [3.05, 3.63) is 48.3 Å². The van der Waals surface area contributed by atoms with Crippen molar-refractivity contribution in [1.29, 1.82) is 0 Å². The molecule has 2 aliphatic heterocycles. The van der Waals surface area contributed by atoms with Crippen LogP contribution in [0.15, 0.2) is 41.9 Å². The number of nitrogens with zero attached hydrogens (tertiary/aromatic N) is 4. The summed E-state index contributed by atoms with van der Waals surface area (Å²) < 4.78 is 21.6. The van der Waals surface area contributed by atoms with Crippen LogP contribution in [0.5, 0.6) is 0 Å². The van der Waals surface area contributed by atoms with Crippen LogP contribution in [0.1, 0.15) is 18.4 Å². The minimum Gasteiger partial charge on any atom is -0.381 e. The monoisotopic (exact) mass is 357 g/mol. The van der Waals surface area contributed by atoms with Gasteiger partial charge in [0.05, 0.1) is 18.6 Å². The fourth-order valence-electron chi connectivity index (χ4n) is 3.87. The van der Waals surface area contributed by atoms with E-state index in [0.717, 1.165) is 50.7 Å². The maximum absolute atomic E-state index is 14.4. The van der Waals surface area contributed by atoms with Crippen molar-refractivity contribution in [2.45, 2.75) is 19.4 Å². The largest absolute Gasteiger partial charge is 0.381 e. The Kier molecular flexibility index (Phi) is 4.63. The average molecular weight is 357 g/mol. The summed E-state index contributed by atoms with van der Waals surface area (Å²) in [6, 6.07) is 5.26. The van der Waals surface area contributed by atoms with Crippen LogP contribution in [0.4, 0.5) is 4.39 Å². The fraction of sp³-hybridized carbons (Fsp3) is 0.474. The zero-order chi connectivity index (χ0) is 18.0. The van der Waals surface area contributed by atoms with Gasteiger partial charge >= 0.3 is 0 Å². The Labute approximate surface area is 152 Å². The molecule has 4 rings (SSSR count). The first-order chi connectivity index (χ1) is 12.7. The Balaban J connectivity index is 1.39. The third-order valence-electron chi connectivity index (χ3n) is 5.38. The van der Waals surface area contributed by atoms with Gasteiger partial charge in [0.2, 0.25) is 0 Å². The van der Waals surface area contributed by atoms with Crippen molar-refractivity contribution >= 4 is 5.96 Å². The van der Waals surface area contributed by atoms with Gasteiger partial charge in [0.25, 0.3) is 0 Å². The van der Waals surface area contributed by atoms with Crippen LogP contribution >= 0.6 is 0 Å². The number of guanidine groups is 1. The summed E-state index contributed by atoms with van der Waals surface area (Å²) >= 11 is 0. The highest BCUT2D eigenvalue weighted by molar-refractivity contribution is 5.80. The highest BCUT2D eigenvalue weighted by atomic mass is 19.1. The van der Waals surface area contributed by atoms with Gasteiger partial charge in [-0.15, -0.1) is 0 Å². The van der Waals surface area contributed by atoms with Crippen LogP contribution in [0.2, 0.25) is 0 Å². The van der Waals surface area contributed by atoms with E-state index in [1.165, 1.54) is 0 Å².